The zero-order valence-corrected chi connectivity index (χ0v) is 24.6. The van der Waals surface area contributed by atoms with Crippen LogP contribution in [0.3, 0.4) is 0 Å². The molecule has 42 heavy (non-hydrogen) atoms. The van der Waals surface area contributed by atoms with Gasteiger partial charge in [0.1, 0.15) is 25.8 Å². The van der Waals surface area contributed by atoms with Crippen LogP contribution in [0.4, 0.5) is 18.3 Å². The van der Waals surface area contributed by atoms with Gasteiger partial charge in [0, 0.05) is 31.0 Å². The molecular formula is C28H31F3N5O4S2+. The third kappa shape index (κ3) is 6.73. The van der Waals surface area contributed by atoms with Crippen LogP contribution in [-0.4, -0.2) is 79.3 Å². The van der Waals surface area contributed by atoms with Gasteiger partial charge in [-0.2, -0.15) is 30.3 Å². The summed E-state index contributed by atoms with van der Waals surface area (Å²) < 4.78 is 81.0. The molecule has 3 heterocycles. The monoisotopic (exact) mass is 622 g/mol. The third-order valence-corrected chi connectivity index (χ3v) is 9.94. The number of carbonyl (C=O) groups excluding carboxylic acids is 1. The number of anilines is 1. The van der Waals surface area contributed by atoms with E-state index >= 15 is 0 Å². The normalized spacial score (nSPS) is 19.7. The molecule has 2 aliphatic rings. The quantitative estimate of drug-likeness (QED) is 0.205. The second-order valence-corrected chi connectivity index (χ2v) is 13.1. The number of hydrogen-bond donors (Lipinski definition) is 1. The first-order valence-corrected chi connectivity index (χ1v) is 15.6. The molecule has 9 nitrogen and oxygen atoms in total. The fraction of sp³-hybridized carbons (Fsp3) is 0.393. The van der Waals surface area contributed by atoms with E-state index < -0.39 is 21.9 Å². The van der Waals surface area contributed by atoms with E-state index in [9.17, 15) is 26.4 Å². The summed E-state index contributed by atoms with van der Waals surface area (Å²) in [7, 11) is -1.80. The van der Waals surface area contributed by atoms with Gasteiger partial charge in [-0.05, 0) is 58.0 Å². The molecule has 3 aromatic rings. The van der Waals surface area contributed by atoms with Gasteiger partial charge in [-0.1, -0.05) is 24.3 Å². The number of halogens is 3. The predicted octanol–water partition coefficient (Wildman–Crippen LogP) is 4.39. The minimum absolute atomic E-state index is 0.0413. The zero-order valence-electron chi connectivity index (χ0n) is 22.9. The Balaban J connectivity index is 1.46. The molecule has 2 aliphatic heterocycles. The molecule has 1 N–H and O–H groups in total. The first-order valence-electron chi connectivity index (χ1n) is 13.4. The number of nitrogens with zero attached hydrogens (tertiary/aromatic N) is 4. The van der Waals surface area contributed by atoms with Gasteiger partial charge in [0.2, 0.25) is 5.13 Å². The lowest BCUT2D eigenvalue weighted by Gasteiger charge is -2.37. The van der Waals surface area contributed by atoms with E-state index in [0.29, 0.717) is 61.0 Å². The van der Waals surface area contributed by atoms with Crippen molar-refractivity contribution in [2.75, 3.05) is 51.2 Å². The van der Waals surface area contributed by atoms with Crippen molar-refractivity contribution in [3.63, 3.8) is 0 Å². The van der Waals surface area contributed by atoms with E-state index in [4.69, 9.17) is 4.74 Å². The Morgan fingerprint density at radius 2 is 2.00 bits per heavy atom. The van der Waals surface area contributed by atoms with Gasteiger partial charge in [-0.3, -0.25) is 0 Å². The van der Waals surface area contributed by atoms with Crippen molar-refractivity contribution in [1.82, 2.24) is 13.7 Å². The number of benzene rings is 2. The molecule has 14 heteroatoms. The van der Waals surface area contributed by atoms with E-state index in [-0.39, 0.29) is 24.8 Å². The van der Waals surface area contributed by atoms with Crippen LogP contribution in [0, 0.1) is 0 Å². The fourth-order valence-corrected chi connectivity index (χ4v) is 7.23. The lowest BCUT2D eigenvalue weighted by Crippen LogP contribution is -2.49. The number of quaternary nitrogens is 1. The summed E-state index contributed by atoms with van der Waals surface area (Å²) >= 11 is 0.939. The number of nitrogens with one attached hydrogen (secondary N) is 1. The molecule has 1 aromatic heterocycles. The van der Waals surface area contributed by atoms with Crippen LogP contribution in [0.25, 0.3) is 16.7 Å². The Kier molecular flexibility index (Phi) is 8.81. The van der Waals surface area contributed by atoms with Crippen LogP contribution in [0.5, 0.6) is 0 Å². The van der Waals surface area contributed by atoms with Gasteiger partial charge in [-0.25, -0.2) is 9.71 Å². The molecule has 0 saturated heterocycles. The van der Waals surface area contributed by atoms with Crippen molar-refractivity contribution < 1.29 is 35.6 Å². The maximum absolute atomic E-state index is 13.8. The van der Waals surface area contributed by atoms with Crippen molar-refractivity contribution in [3.8, 4) is 11.1 Å². The maximum atomic E-state index is 13.8. The molecule has 2 aromatic carbocycles. The minimum Gasteiger partial charge on any atom is -0.368 e. The average molecular weight is 623 g/mol. The highest BCUT2D eigenvalue weighted by Crippen LogP contribution is 2.41. The number of carbonyl (C=O) groups is 1. The van der Waals surface area contributed by atoms with Crippen molar-refractivity contribution in [3.05, 3.63) is 71.1 Å². The molecule has 0 radical (unpaired) electrons. The highest BCUT2D eigenvalue weighted by molar-refractivity contribution is 7.90. The summed E-state index contributed by atoms with van der Waals surface area (Å²) in [5.74, 6) is 0. The Morgan fingerprint density at radius 1 is 1.17 bits per heavy atom. The van der Waals surface area contributed by atoms with Crippen molar-refractivity contribution >= 4 is 38.7 Å². The van der Waals surface area contributed by atoms with Gasteiger partial charge < -0.3 is 14.0 Å². The molecule has 1 unspecified atom stereocenters. The Labute approximate surface area is 246 Å². The van der Waals surface area contributed by atoms with Gasteiger partial charge in [0.05, 0.1) is 32.3 Å². The summed E-state index contributed by atoms with van der Waals surface area (Å²) in [6, 6.07) is 9.43. The number of likely N-dealkylation sites (N-methyl/N-ethyl adjacent to an activating group) is 1. The second kappa shape index (κ2) is 12.2. The molecule has 224 valence electrons. The molecular weight excluding hydrogens is 591 g/mol. The Morgan fingerprint density at radius 3 is 2.69 bits per heavy atom. The average Bonchev–Trinajstić information content (AvgIpc) is 3.47. The van der Waals surface area contributed by atoms with E-state index in [1.165, 1.54) is 22.8 Å². The SMILES string of the molecule is C[N+]1(CCOCC=O)CC=C(c2cc(C(F)(F)F)ccc2-c2cccc3c2CCN(S(=O)(=O)Nc2ncns2)C3)CC1. The standard InChI is InChI=1S/C28H31F3N5O4S2/c1-36(13-15-40-16-14-37)11-8-20(9-12-36)26-17-22(28(29,30)31)5-6-25(26)24-4-2-3-21-18-35(10-7-23(21)24)42(38,39)34-27-32-19-33-41-27/h2-6,8,14,17,19H,7,9-13,15-16,18H2,1H3,(H,32,33,34)/q+1. The summed E-state index contributed by atoms with van der Waals surface area (Å²) in [6.45, 7) is 2.82. The zero-order chi connectivity index (χ0) is 30.0. The van der Waals surface area contributed by atoms with Crippen molar-refractivity contribution in [2.24, 2.45) is 0 Å². The number of rotatable bonds is 10. The van der Waals surface area contributed by atoms with Gasteiger partial charge in [-0.15, -0.1) is 0 Å². The Bertz CT molecular complexity index is 1580. The highest BCUT2D eigenvalue weighted by atomic mass is 32.2. The van der Waals surface area contributed by atoms with Crippen LogP contribution >= 0.6 is 11.5 Å². The third-order valence-electron chi connectivity index (χ3n) is 7.79. The molecule has 0 amide bonds. The number of aldehydes is 1. The predicted molar refractivity (Wildman–Crippen MR) is 154 cm³/mol. The highest BCUT2D eigenvalue weighted by Gasteiger charge is 2.34. The van der Waals surface area contributed by atoms with Gasteiger partial charge >= 0.3 is 16.4 Å². The van der Waals surface area contributed by atoms with Crippen LogP contribution in [0.1, 0.15) is 28.7 Å². The van der Waals surface area contributed by atoms with Crippen LogP contribution < -0.4 is 4.72 Å². The summed E-state index contributed by atoms with van der Waals surface area (Å²) in [5, 5.41) is 0.174. The topological polar surface area (TPSA) is 101 Å². The van der Waals surface area contributed by atoms with Gasteiger partial charge in [0.25, 0.3) is 0 Å². The molecule has 0 aliphatic carbocycles. The second-order valence-electron chi connectivity index (χ2n) is 10.6. The Hall–Kier alpha value is -3.17. The number of ether oxygens (including phenoxy) is 1. The first kappa shape index (κ1) is 30.3. The summed E-state index contributed by atoms with van der Waals surface area (Å²) in [6.07, 6.45) is 0.473. The summed E-state index contributed by atoms with van der Waals surface area (Å²) in [4.78, 5) is 14.4. The number of fused-ring (bicyclic) bond motifs is 1. The van der Waals surface area contributed by atoms with E-state index in [1.807, 2.05) is 24.3 Å². The molecule has 1 atom stereocenters. The number of aromatic nitrogens is 2. The molecule has 0 fully saturated rings. The van der Waals surface area contributed by atoms with Crippen LogP contribution in [-0.2, 0) is 38.9 Å². The molecule has 0 saturated carbocycles. The van der Waals surface area contributed by atoms with Crippen molar-refractivity contribution in [2.45, 2.75) is 25.6 Å². The van der Waals surface area contributed by atoms with E-state index in [2.05, 4.69) is 21.1 Å². The molecule has 5 rings (SSSR count). The van der Waals surface area contributed by atoms with E-state index in [0.717, 1.165) is 39.9 Å². The first-order chi connectivity index (χ1) is 20.0. The lowest BCUT2D eigenvalue weighted by molar-refractivity contribution is -0.905. The van der Waals surface area contributed by atoms with Crippen LogP contribution in [0.15, 0.2) is 48.8 Å². The largest absolute Gasteiger partial charge is 0.416 e. The number of hydrogen-bond acceptors (Lipinski definition) is 7. The molecule has 0 spiro atoms. The smallest absolute Gasteiger partial charge is 0.368 e. The van der Waals surface area contributed by atoms with Crippen LogP contribution in [0.2, 0.25) is 0 Å². The fourth-order valence-electron chi connectivity index (χ4n) is 5.43. The van der Waals surface area contributed by atoms with Crippen molar-refractivity contribution in [1.29, 1.82) is 0 Å². The molecule has 0 bridgehead atoms. The maximum Gasteiger partial charge on any atom is 0.416 e. The van der Waals surface area contributed by atoms with E-state index in [1.54, 1.807) is 0 Å². The lowest BCUT2D eigenvalue weighted by atomic mass is 9.85. The number of alkyl halides is 3. The summed E-state index contributed by atoms with van der Waals surface area (Å²) in [5.41, 5.74) is 3.89. The van der Waals surface area contributed by atoms with Gasteiger partial charge in [0.15, 0.2) is 0 Å². The minimum atomic E-state index is -4.49.